The molecular formula is C15H23NO3S. The third kappa shape index (κ3) is 5.74. The van der Waals surface area contributed by atoms with E-state index in [0.717, 1.165) is 16.2 Å². The molecule has 1 amide bonds. The highest BCUT2D eigenvalue weighted by atomic mass is 32.2. The average molecular weight is 297 g/mol. The van der Waals surface area contributed by atoms with Gasteiger partial charge in [0.15, 0.2) is 0 Å². The number of methoxy groups -OCH3 is 1. The van der Waals surface area contributed by atoms with Gasteiger partial charge in [-0.05, 0) is 36.3 Å². The first-order valence-corrected chi connectivity index (χ1v) is 7.90. The van der Waals surface area contributed by atoms with Gasteiger partial charge in [0.2, 0.25) is 0 Å². The third-order valence-electron chi connectivity index (χ3n) is 2.71. The van der Waals surface area contributed by atoms with Crippen molar-refractivity contribution in [2.75, 3.05) is 26.5 Å². The first-order chi connectivity index (χ1) is 9.56. The number of ether oxygens (including phenoxy) is 2. The summed E-state index contributed by atoms with van der Waals surface area (Å²) in [4.78, 5) is 12.6. The standard InChI is InChI=1S/C15H23NO3S/c1-11(2)10-19-15(17)16-8-7-12-5-6-13(20-4)9-14(12)18-3/h5-6,9,11H,7-8,10H2,1-4H3,(H,16,17). The van der Waals surface area contributed by atoms with Gasteiger partial charge in [-0.2, -0.15) is 0 Å². The lowest BCUT2D eigenvalue weighted by molar-refractivity contribution is 0.133. The van der Waals surface area contributed by atoms with E-state index in [2.05, 4.69) is 11.4 Å². The summed E-state index contributed by atoms with van der Waals surface area (Å²) in [7, 11) is 1.66. The number of carbonyl (C=O) groups excluding carboxylic acids is 1. The summed E-state index contributed by atoms with van der Waals surface area (Å²) < 4.78 is 10.4. The van der Waals surface area contributed by atoms with Gasteiger partial charge in [0.25, 0.3) is 0 Å². The van der Waals surface area contributed by atoms with Crippen LogP contribution in [0.2, 0.25) is 0 Å². The summed E-state index contributed by atoms with van der Waals surface area (Å²) in [6, 6.07) is 6.10. The molecular weight excluding hydrogens is 274 g/mol. The second kappa shape index (κ2) is 8.74. The average Bonchev–Trinajstić information content (AvgIpc) is 2.45. The van der Waals surface area contributed by atoms with E-state index in [0.29, 0.717) is 25.5 Å². The minimum absolute atomic E-state index is 0.347. The molecule has 0 aliphatic rings. The van der Waals surface area contributed by atoms with Crippen molar-refractivity contribution in [1.29, 1.82) is 0 Å². The van der Waals surface area contributed by atoms with E-state index in [1.165, 1.54) is 0 Å². The van der Waals surface area contributed by atoms with Crippen LogP contribution >= 0.6 is 11.8 Å². The Morgan fingerprint density at radius 2 is 2.15 bits per heavy atom. The van der Waals surface area contributed by atoms with Gasteiger partial charge in [-0.3, -0.25) is 0 Å². The van der Waals surface area contributed by atoms with Gasteiger partial charge in [-0.15, -0.1) is 11.8 Å². The highest BCUT2D eigenvalue weighted by Crippen LogP contribution is 2.25. The van der Waals surface area contributed by atoms with Gasteiger partial charge in [-0.1, -0.05) is 19.9 Å². The molecule has 0 saturated carbocycles. The molecule has 112 valence electrons. The van der Waals surface area contributed by atoms with Crippen molar-refractivity contribution in [1.82, 2.24) is 5.32 Å². The Kier molecular flexibility index (Phi) is 7.30. The van der Waals surface area contributed by atoms with Crippen molar-refractivity contribution < 1.29 is 14.3 Å². The number of rotatable bonds is 7. The molecule has 0 spiro atoms. The fraction of sp³-hybridized carbons (Fsp3) is 0.533. The topological polar surface area (TPSA) is 47.6 Å². The number of benzene rings is 1. The van der Waals surface area contributed by atoms with Crippen molar-refractivity contribution in [3.63, 3.8) is 0 Å². The predicted octanol–water partition coefficient (Wildman–Crippen LogP) is 3.34. The summed E-state index contributed by atoms with van der Waals surface area (Å²) in [6.07, 6.45) is 2.38. The minimum Gasteiger partial charge on any atom is -0.496 e. The van der Waals surface area contributed by atoms with Crippen LogP contribution in [0.15, 0.2) is 23.1 Å². The molecule has 1 aromatic carbocycles. The molecule has 0 aliphatic carbocycles. The molecule has 1 N–H and O–H groups in total. The number of nitrogens with one attached hydrogen (secondary N) is 1. The molecule has 0 unspecified atom stereocenters. The van der Waals surface area contributed by atoms with Gasteiger partial charge < -0.3 is 14.8 Å². The van der Waals surface area contributed by atoms with Gasteiger partial charge in [0.05, 0.1) is 13.7 Å². The number of amides is 1. The van der Waals surface area contributed by atoms with E-state index < -0.39 is 0 Å². The Hall–Kier alpha value is -1.36. The summed E-state index contributed by atoms with van der Waals surface area (Å²) >= 11 is 1.68. The van der Waals surface area contributed by atoms with Crippen molar-refractivity contribution >= 4 is 17.9 Å². The zero-order chi connectivity index (χ0) is 15.0. The zero-order valence-electron chi connectivity index (χ0n) is 12.6. The van der Waals surface area contributed by atoms with Crippen LogP contribution in [0.25, 0.3) is 0 Å². The van der Waals surface area contributed by atoms with Crippen molar-refractivity contribution in [3.05, 3.63) is 23.8 Å². The Morgan fingerprint density at radius 1 is 1.40 bits per heavy atom. The molecule has 1 rings (SSSR count). The minimum atomic E-state index is -0.363. The van der Waals surface area contributed by atoms with Crippen LogP contribution in [0.5, 0.6) is 5.75 Å². The maximum Gasteiger partial charge on any atom is 0.407 e. The Labute approximate surface area is 125 Å². The first kappa shape index (κ1) is 16.7. The maximum atomic E-state index is 11.4. The Bertz CT molecular complexity index is 435. The summed E-state index contributed by atoms with van der Waals surface area (Å²) in [5.41, 5.74) is 1.08. The molecule has 1 aromatic rings. The van der Waals surface area contributed by atoms with Gasteiger partial charge in [0, 0.05) is 11.4 Å². The Morgan fingerprint density at radius 3 is 2.75 bits per heavy atom. The van der Waals surface area contributed by atoms with Crippen LogP contribution in [0.4, 0.5) is 4.79 Å². The van der Waals surface area contributed by atoms with Crippen LogP contribution in [-0.4, -0.2) is 32.6 Å². The van der Waals surface area contributed by atoms with Gasteiger partial charge in [-0.25, -0.2) is 4.79 Å². The molecule has 4 nitrogen and oxygen atoms in total. The second-order valence-electron chi connectivity index (χ2n) is 4.85. The maximum absolute atomic E-state index is 11.4. The monoisotopic (exact) mass is 297 g/mol. The van der Waals surface area contributed by atoms with Crippen LogP contribution < -0.4 is 10.1 Å². The van der Waals surface area contributed by atoms with Crippen LogP contribution in [-0.2, 0) is 11.2 Å². The van der Waals surface area contributed by atoms with E-state index in [-0.39, 0.29) is 6.09 Å². The molecule has 5 heteroatoms. The molecule has 20 heavy (non-hydrogen) atoms. The molecule has 0 aromatic heterocycles. The van der Waals surface area contributed by atoms with E-state index in [1.54, 1.807) is 18.9 Å². The molecule has 0 saturated heterocycles. The van der Waals surface area contributed by atoms with Gasteiger partial charge >= 0.3 is 6.09 Å². The quantitative estimate of drug-likeness (QED) is 0.784. The lowest BCUT2D eigenvalue weighted by atomic mass is 10.1. The fourth-order valence-electron chi connectivity index (χ4n) is 1.65. The second-order valence-corrected chi connectivity index (χ2v) is 5.73. The van der Waals surface area contributed by atoms with E-state index in [4.69, 9.17) is 9.47 Å². The highest BCUT2D eigenvalue weighted by molar-refractivity contribution is 7.98. The fourth-order valence-corrected chi connectivity index (χ4v) is 2.08. The number of carbonyl (C=O) groups is 1. The third-order valence-corrected chi connectivity index (χ3v) is 3.43. The van der Waals surface area contributed by atoms with Crippen molar-refractivity contribution in [3.8, 4) is 5.75 Å². The molecule has 0 heterocycles. The SMILES string of the molecule is COc1cc(SC)ccc1CCNC(=O)OCC(C)C. The van der Waals surface area contributed by atoms with E-state index in [1.807, 2.05) is 32.2 Å². The van der Waals surface area contributed by atoms with E-state index in [9.17, 15) is 4.79 Å². The summed E-state index contributed by atoms with van der Waals surface area (Å²) in [5.74, 6) is 1.20. The predicted molar refractivity (Wildman–Crippen MR) is 82.7 cm³/mol. The smallest absolute Gasteiger partial charge is 0.407 e. The number of thioether (sulfide) groups is 1. The molecule has 0 fully saturated rings. The normalized spacial score (nSPS) is 10.4. The lowest BCUT2D eigenvalue weighted by Gasteiger charge is -2.11. The largest absolute Gasteiger partial charge is 0.496 e. The summed E-state index contributed by atoms with van der Waals surface area (Å²) in [5, 5.41) is 2.74. The molecule has 0 bridgehead atoms. The molecule has 0 aliphatic heterocycles. The number of alkyl carbamates (subject to hydrolysis) is 1. The summed E-state index contributed by atoms with van der Waals surface area (Å²) in [6.45, 7) is 4.99. The number of hydrogen-bond acceptors (Lipinski definition) is 4. The number of hydrogen-bond donors (Lipinski definition) is 1. The molecule has 0 radical (unpaired) electrons. The molecule has 0 atom stereocenters. The lowest BCUT2D eigenvalue weighted by Crippen LogP contribution is -2.27. The van der Waals surface area contributed by atoms with Crippen molar-refractivity contribution in [2.45, 2.75) is 25.2 Å². The van der Waals surface area contributed by atoms with Crippen LogP contribution in [0.1, 0.15) is 19.4 Å². The van der Waals surface area contributed by atoms with Crippen molar-refractivity contribution in [2.24, 2.45) is 5.92 Å². The van der Waals surface area contributed by atoms with Crippen LogP contribution in [0.3, 0.4) is 0 Å². The van der Waals surface area contributed by atoms with Gasteiger partial charge in [0.1, 0.15) is 5.75 Å². The first-order valence-electron chi connectivity index (χ1n) is 6.68. The highest BCUT2D eigenvalue weighted by Gasteiger charge is 2.06. The zero-order valence-corrected chi connectivity index (χ0v) is 13.4. The van der Waals surface area contributed by atoms with Crippen LogP contribution in [0, 0.1) is 5.92 Å². The van der Waals surface area contributed by atoms with E-state index >= 15 is 0 Å². The Balaban J connectivity index is 2.43.